The number of carboxylic acids is 1. The molecule has 0 aromatic carbocycles. The minimum atomic E-state index is -0.883. The molecule has 12 heavy (non-hydrogen) atoms. The first-order valence-corrected chi connectivity index (χ1v) is 3.85. The second-order valence-corrected chi connectivity index (χ2v) is 3.58. The van der Waals surface area contributed by atoms with Crippen LogP contribution in [0.25, 0.3) is 0 Å². The molecule has 1 N–H and O–H groups in total. The average molecular weight is 172 g/mol. The van der Waals surface area contributed by atoms with Gasteiger partial charge in [0.05, 0.1) is 12.8 Å². The van der Waals surface area contributed by atoms with Crippen molar-refractivity contribution in [3.05, 3.63) is 0 Å². The maximum Gasteiger partial charge on any atom is 0.306 e. The van der Waals surface area contributed by atoms with Crippen molar-refractivity contribution in [3.8, 4) is 0 Å². The van der Waals surface area contributed by atoms with E-state index in [1.54, 1.807) is 13.8 Å². The Morgan fingerprint density at radius 2 is 2.33 bits per heavy atom. The average Bonchev–Trinajstić information content (AvgIpc) is 2.04. The van der Waals surface area contributed by atoms with Gasteiger partial charge in [0.2, 0.25) is 0 Å². The van der Waals surface area contributed by atoms with E-state index in [4.69, 9.17) is 9.84 Å². The smallest absolute Gasteiger partial charge is 0.306 e. The van der Waals surface area contributed by atoms with Gasteiger partial charge in [0.15, 0.2) is 0 Å². The molecule has 4 heteroatoms. The van der Waals surface area contributed by atoms with Crippen LogP contribution >= 0.6 is 0 Å². The summed E-state index contributed by atoms with van der Waals surface area (Å²) >= 11 is 0. The Morgan fingerprint density at radius 1 is 1.75 bits per heavy atom. The molecule has 4 nitrogen and oxygen atoms in total. The molecule has 0 aromatic rings. The third-order valence-corrected chi connectivity index (χ3v) is 2.19. The Labute approximate surface area is 70.5 Å². The highest BCUT2D eigenvalue weighted by molar-refractivity contribution is 5.75. The lowest BCUT2D eigenvalue weighted by Gasteiger charge is -2.22. The summed E-state index contributed by atoms with van der Waals surface area (Å²) in [5.41, 5.74) is -0.616. The molecule has 1 aliphatic heterocycles. The second kappa shape index (κ2) is 2.77. The number of hydrogen-bond donors (Lipinski definition) is 1. The van der Waals surface area contributed by atoms with Crippen molar-refractivity contribution < 1.29 is 19.4 Å². The fourth-order valence-electron chi connectivity index (χ4n) is 1.39. The number of esters is 1. The van der Waals surface area contributed by atoms with Crippen LogP contribution in [0.2, 0.25) is 0 Å². The van der Waals surface area contributed by atoms with Gasteiger partial charge in [-0.05, 0) is 13.8 Å². The minimum absolute atomic E-state index is 0.00125. The fraction of sp³-hybridized carbons (Fsp3) is 0.750. The van der Waals surface area contributed by atoms with Crippen molar-refractivity contribution in [2.75, 3.05) is 0 Å². The topological polar surface area (TPSA) is 63.6 Å². The molecule has 68 valence electrons. The number of rotatable bonds is 2. The van der Waals surface area contributed by atoms with Gasteiger partial charge in [-0.1, -0.05) is 0 Å². The Hall–Kier alpha value is -1.06. The van der Waals surface area contributed by atoms with Crippen LogP contribution in [0.1, 0.15) is 26.7 Å². The van der Waals surface area contributed by atoms with Gasteiger partial charge < -0.3 is 9.84 Å². The number of carbonyl (C=O) groups excluding carboxylic acids is 1. The van der Waals surface area contributed by atoms with Gasteiger partial charge in [0.25, 0.3) is 0 Å². The first-order valence-electron chi connectivity index (χ1n) is 3.85. The van der Waals surface area contributed by atoms with Crippen molar-refractivity contribution in [1.29, 1.82) is 0 Å². The fourth-order valence-corrected chi connectivity index (χ4v) is 1.39. The highest BCUT2D eigenvalue weighted by Crippen LogP contribution is 2.34. The monoisotopic (exact) mass is 172 g/mol. The molecule has 0 saturated carbocycles. The Kier molecular flexibility index (Phi) is 2.08. The van der Waals surface area contributed by atoms with Crippen molar-refractivity contribution in [2.24, 2.45) is 5.92 Å². The summed E-state index contributed by atoms with van der Waals surface area (Å²) in [6, 6.07) is 0. The van der Waals surface area contributed by atoms with Gasteiger partial charge in [-0.3, -0.25) is 9.59 Å². The van der Waals surface area contributed by atoms with E-state index in [0.717, 1.165) is 0 Å². The van der Waals surface area contributed by atoms with Crippen LogP contribution in [-0.2, 0) is 14.3 Å². The summed E-state index contributed by atoms with van der Waals surface area (Å²) in [5.74, 6) is -1.37. The van der Waals surface area contributed by atoms with E-state index in [1.807, 2.05) is 0 Å². The zero-order chi connectivity index (χ0) is 9.35. The molecule has 0 spiro atoms. The van der Waals surface area contributed by atoms with Crippen LogP contribution in [0.5, 0.6) is 0 Å². The lowest BCUT2D eigenvalue weighted by Crippen LogP contribution is -2.29. The largest absolute Gasteiger partial charge is 0.481 e. The predicted molar refractivity (Wildman–Crippen MR) is 40.5 cm³/mol. The first kappa shape index (κ1) is 9.03. The lowest BCUT2D eigenvalue weighted by molar-refractivity contribution is -0.148. The van der Waals surface area contributed by atoms with E-state index in [-0.39, 0.29) is 24.7 Å². The Morgan fingerprint density at radius 3 is 2.67 bits per heavy atom. The van der Waals surface area contributed by atoms with E-state index in [0.29, 0.717) is 0 Å². The number of aliphatic carboxylic acids is 1. The number of carboxylic acid groups (broad SMARTS) is 1. The minimum Gasteiger partial charge on any atom is -0.481 e. The van der Waals surface area contributed by atoms with E-state index in [9.17, 15) is 9.59 Å². The van der Waals surface area contributed by atoms with E-state index in [2.05, 4.69) is 0 Å². The van der Waals surface area contributed by atoms with Crippen LogP contribution in [-0.4, -0.2) is 22.6 Å². The zero-order valence-corrected chi connectivity index (χ0v) is 7.16. The molecule has 1 rings (SSSR count). The SMILES string of the molecule is CC1(C)OC(=O)C[C@H]1CC(=O)O. The number of carbonyl (C=O) groups is 2. The summed E-state index contributed by atoms with van der Waals surface area (Å²) in [7, 11) is 0. The second-order valence-electron chi connectivity index (χ2n) is 3.58. The summed E-state index contributed by atoms with van der Waals surface area (Å²) in [6.45, 7) is 3.48. The van der Waals surface area contributed by atoms with Crippen molar-refractivity contribution in [1.82, 2.24) is 0 Å². The summed E-state index contributed by atoms with van der Waals surface area (Å²) in [5, 5.41) is 8.53. The third kappa shape index (κ3) is 1.75. The van der Waals surface area contributed by atoms with E-state index < -0.39 is 11.6 Å². The molecule has 1 atom stereocenters. The Balaban J connectivity index is 2.65. The third-order valence-electron chi connectivity index (χ3n) is 2.19. The summed E-state index contributed by atoms with van der Waals surface area (Å²) < 4.78 is 4.96. The molecule has 1 fully saturated rings. The Bertz CT molecular complexity index is 219. The molecule has 0 amide bonds. The van der Waals surface area contributed by atoms with E-state index in [1.165, 1.54) is 0 Å². The van der Waals surface area contributed by atoms with E-state index >= 15 is 0 Å². The first-order chi connectivity index (χ1) is 5.42. The van der Waals surface area contributed by atoms with Crippen LogP contribution in [0, 0.1) is 5.92 Å². The van der Waals surface area contributed by atoms with Gasteiger partial charge in [-0.15, -0.1) is 0 Å². The van der Waals surface area contributed by atoms with Crippen LogP contribution in [0.15, 0.2) is 0 Å². The molecule has 0 aliphatic carbocycles. The molecular weight excluding hydrogens is 160 g/mol. The number of ether oxygens (including phenoxy) is 1. The van der Waals surface area contributed by atoms with Gasteiger partial charge in [-0.2, -0.15) is 0 Å². The van der Waals surface area contributed by atoms with Crippen molar-refractivity contribution >= 4 is 11.9 Å². The normalized spacial score (nSPS) is 26.8. The predicted octanol–water partition coefficient (Wildman–Crippen LogP) is 0.803. The van der Waals surface area contributed by atoms with Gasteiger partial charge in [-0.25, -0.2) is 0 Å². The molecule has 1 saturated heterocycles. The maximum atomic E-state index is 10.8. The van der Waals surface area contributed by atoms with Gasteiger partial charge in [0.1, 0.15) is 5.60 Å². The van der Waals surface area contributed by atoms with Crippen LogP contribution < -0.4 is 0 Å². The molecule has 0 unspecified atom stereocenters. The van der Waals surface area contributed by atoms with Crippen LogP contribution in [0.3, 0.4) is 0 Å². The summed E-state index contributed by atoms with van der Waals surface area (Å²) in [6.07, 6.45) is 0.220. The number of hydrogen-bond acceptors (Lipinski definition) is 3. The molecule has 0 radical (unpaired) electrons. The maximum absolute atomic E-state index is 10.8. The van der Waals surface area contributed by atoms with Gasteiger partial charge in [0, 0.05) is 5.92 Å². The number of cyclic esters (lactones) is 1. The van der Waals surface area contributed by atoms with Gasteiger partial charge >= 0.3 is 11.9 Å². The highest BCUT2D eigenvalue weighted by atomic mass is 16.6. The standard InChI is InChI=1S/C8H12O4/c1-8(2)5(3-6(9)10)4-7(11)12-8/h5H,3-4H2,1-2H3,(H,9,10)/t5-/m1/s1. The molecule has 1 heterocycles. The molecular formula is C8H12O4. The summed E-state index contributed by atoms with van der Waals surface area (Å²) in [4.78, 5) is 21.2. The van der Waals surface area contributed by atoms with Crippen molar-refractivity contribution in [3.63, 3.8) is 0 Å². The molecule has 1 aliphatic rings. The molecule has 0 bridgehead atoms. The van der Waals surface area contributed by atoms with Crippen LogP contribution in [0.4, 0.5) is 0 Å². The molecule has 0 aromatic heterocycles. The lowest BCUT2D eigenvalue weighted by atomic mass is 9.88. The highest BCUT2D eigenvalue weighted by Gasteiger charge is 2.42. The zero-order valence-electron chi connectivity index (χ0n) is 7.16. The quantitative estimate of drug-likeness (QED) is 0.626. The van der Waals surface area contributed by atoms with Crippen molar-refractivity contribution in [2.45, 2.75) is 32.3 Å².